The molecule has 25 heavy (non-hydrogen) atoms. The third kappa shape index (κ3) is 5.84. The predicted octanol–water partition coefficient (Wildman–Crippen LogP) is 4.39. The normalized spacial score (nSPS) is 31.4. The van der Waals surface area contributed by atoms with E-state index in [0.717, 1.165) is 38.5 Å². The highest BCUT2D eigenvalue weighted by molar-refractivity contribution is 5.66. The van der Waals surface area contributed by atoms with Gasteiger partial charge < -0.3 is 14.9 Å². The van der Waals surface area contributed by atoms with Gasteiger partial charge in [-0.2, -0.15) is 0 Å². The molecule has 4 nitrogen and oxygen atoms in total. The molecule has 1 unspecified atom stereocenters. The minimum Gasteiger partial charge on any atom is -0.492 e. The van der Waals surface area contributed by atoms with Crippen molar-refractivity contribution in [2.45, 2.75) is 83.1 Å². The monoisotopic (exact) mass is 354 g/mol. The Morgan fingerprint density at radius 3 is 2.88 bits per heavy atom. The van der Waals surface area contributed by atoms with Crippen LogP contribution in [0.15, 0.2) is 24.0 Å². The molecule has 2 rings (SSSR count). The van der Waals surface area contributed by atoms with E-state index in [1.165, 1.54) is 0 Å². The van der Waals surface area contributed by atoms with Crippen molar-refractivity contribution in [2.75, 3.05) is 0 Å². The van der Waals surface area contributed by atoms with Crippen LogP contribution >= 0.6 is 0 Å². The van der Waals surface area contributed by atoms with Gasteiger partial charge in [0.2, 0.25) is 0 Å². The quantitative estimate of drug-likeness (QED) is 0.451. The van der Waals surface area contributed by atoms with Crippen molar-refractivity contribution in [3.8, 4) is 0 Å². The van der Waals surface area contributed by atoms with E-state index in [1.807, 2.05) is 12.2 Å². The number of carbonyl (C=O) groups is 1. The fraction of sp³-hybridized carbons (Fsp3) is 0.750. The first-order valence-corrected chi connectivity index (χ1v) is 9.61. The number of hydrogen-bond donors (Lipinski definition) is 2. The van der Waals surface area contributed by atoms with Gasteiger partial charge in [-0.3, -0.25) is 4.79 Å². The van der Waals surface area contributed by atoms with E-state index < -0.39 is 18.2 Å². The summed E-state index contributed by atoms with van der Waals surface area (Å²) in [5, 5.41) is 18.7. The van der Waals surface area contributed by atoms with Gasteiger partial charge in [-0.15, -0.1) is 0 Å². The number of allylic oxidation sites excluding steroid dienone is 3. The largest absolute Gasteiger partial charge is 0.492 e. The van der Waals surface area contributed by atoms with Crippen LogP contribution in [0.3, 0.4) is 0 Å². The number of ether oxygens (including phenoxy) is 1. The van der Waals surface area contributed by atoms with Crippen LogP contribution in [0.5, 0.6) is 0 Å². The second-order valence-electron chi connectivity index (χ2n) is 7.22. The maximum atomic E-state index is 14.7. The van der Waals surface area contributed by atoms with Crippen molar-refractivity contribution < 1.29 is 24.1 Å². The van der Waals surface area contributed by atoms with E-state index in [0.29, 0.717) is 18.6 Å². The van der Waals surface area contributed by atoms with Gasteiger partial charge in [0.05, 0.1) is 6.10 Å². The lowest BCUT2D eigenvalue weighted by Gasteiger charge is -2.15. The molecule has 0 bridgehead atoms. The molecule has 0 aromatic carbocycles. The molecule has 0 spiro atoms. The molecule has 1 aliphatic carbocycles. The van der Waals surface area contributed by atoms with Crippen LogP contribution in [0.25, 0.3) is 0 Å². The van der Waals surface area contributed by atoms with Gasteiger partial charge in [-0.25, -0.2) is 4.39 Å². The Morgan fingerprint density at radius 1 is 1.36 bits per heavy atom. The lowest BCUT2D eigenvalue weighted by Crippen LogP contribution is -2.21. The van der Waals surface area contributed by atoms with Crippen LogP contribution in [0.4, 0.5) is 4.39 Å². The Hall–Kier alpha value is -1.36. The van der Waals surface area contributed by atoms with E-state index in [9.17, 15) is 14.3 Å². The number of aliphatic hydroxyl groups is 1. The average Bonchev–Trinajstić information content (AvgIpc) is 3.10. The van der Waals surface area contributed by atoms with Crippen LogP contribution in [-0.2, 0) is 9.53 Å². The van der Waals surface area contributed by atoms with Crippen LogP contribution in [0.2, 0.25) is 0 Å². The van der Waals surface area contributed by atoms with Gasteiger partial charge in [0.25, 0.3) is 0 Å². The van der Waals surface area contributed by atoms with E-state index in [2.05, 4.69) is 6.92 Å². The number of hydrogen-bond acceptors (Lipinski definition) is 3. The number of rotatable bonds is 10. The molecule has 1 saturated heterocycles. The Balaban J connectivity index is 1.84. The Kier molecular flexibility index (Phi) is 7.94. The highest BCUT2D eigenvalue weighted by atomic mass is 19.1. The van der Waals surface area contributed by atoms with Crippen molar-refractivity contribution in [3.05, 3.63) is 24.0 Å². The first-order chi connectivity index (χ1) is 12.0. The van der Waals surface area contributed by atoms with Crippen LogP contribution in [0.1, 0.15) is 64.7 Å². The van der Waals surface area contributed by atoms with E-state index in [1.54, 1.807) is 6.08 Å². The highest BCUT2D eigenvalue weighted by Gasteiger charge is 2.49. The predicted molar refractivity (Wildman–Crippen MR) is 94.8 cm³/mol. The molecule has 0 aromatic rings. The van der Waals surface area contributed by atoms with Crippen LogP contribution in [-0.4, -0.2) is 34.6 Å². The SMILES string of the molecule is CCCCC[C@H](O)/C=C/[C@H]1CC[C@@H]2O/C(=C\CCCC(=O)O)C(F)[C@@H]21. The molecule has 142 valence electrons. The molecule has 1 heterocycles. The van der Waals surface area contributed by atoms with Gasteiger partial charge in [0.15, 0.2) is 6.17 Å². The average molecular weight is 354 g/mol. The maximum absolute atomic E-state index is 14.7. The smallest absolute Gasteiger partial charge is 0.303 e. The van der Waals surface area contributed by atoms with Crippen molar-refractivity contribution in [1.82, 2.24) is 0 Å². The van der Waals surface area contributed by atoms with Gasteiger partial charge in [0.1, 0.15) is 11.9 Å². The summed E-state index contributed by atoms with van der Waals surface area (Å²) >= 11 is 0. The van der Waals surface area contributed by atoms with Crippen LogP contribution < -0.4 is 0 Å². The summed E-state index contributed by atoms with van der Waals surface area (Å²) in [6.45, 7) is 2.13. The van der Waals surface area contributed by atoms with Gasteiger partial charge >= 0.3 is 5.97 Å². The molecule has 5 atom stereocenters. The Labute approximate surface area is 149 Å². The summed E-state index contributed by atoms with van der Waals surface area (Å²) in [5.74, 6) is -0.528. The number of carboxylic acid groups (broad SMARTS) is 1. The molecule has 1 aliphatic heterocycles. The molecule has 1 saturated carbocycles. The number of aliphatic carboxylic acids is 1. The molecule has 0 aromatic heterocycles. The minimum atomic E-state index is -1.12. The number of fused-ring (bicyclic) bond motifs is 1. The standard InChI is InChI=1S/C20H31FO4/c1-2-3-4-7-15(22)12-10-14-11-13-16-19(14)20(21)17(25-16)8-5-6-9-18(23)24/h8,10,12,14-16,19-20,22H,2-7,9,11,13H2,1H3,(H,23,24)/b12-10+,17-8-/t14-,15-,16-,19+,20?/m0/s1. The molecular weight excluding hydrogens is 323 g/mol. The number of carboxylic acids is 1. The lowest BCUT2D eigenvalue weighted by molar-refractivity contribution is -0.137. The topological polar surface area (TPSA) is 66.8 Å². The van der Waals surface area contributed by atoms with Crippen LogP contribution in [0, 0.1) is 11.8 Å². The second-order valence-corrected chi connectivity index (χ2v) is 7.22. The zero-order valence-corrected chi connectivity index (χ0v) is 15.1. The second kappa shape index (κ2) is 9.95. The van der Waals surface area contributed by atoms with Gasteiger partial charge in [-0.05, 0) is 44.1 Å². The van der Waals surface area contributed by atoms with Crippen molar-refractivity contribution >= 4 is 5.97 Å². The van der Waals surface area contributed by atoms with Crippen molar-refractivity contribution in [1.29, 1.82) is 0 Å². The molecule has 2 N–H and O–H groups in total. The van der Waals surface area contributed by atoms with Crippen molar-refractivity contribution in [2.24, 2.45) is 11.8 Å². The zero-order chi connectivity index (χ0) is 18.2. The number of halogens is 1. The first-order valence-electron chi connectivity index (χ1n) is 9.61. The zero-order valence-electron chi connectivity index (χ0n) is 15.1. The van der Waals surface area contributed by atoms with Crippen molar-refractivity contribution in [3.63, 3.8) is 0 Å². The molecule has 2 aliphatic rings. The van der Waals surface area contributed by atoms with Gasteiger partial charge in [0, 0.05) is 12.3 Å². The van der Waals surface area contributed by atoms with Gasteiger partial charge in [-0.1, -0.05) is 38.3 Å². The molecule has 2 fully saturated rings. The molecule has 0 radical (unpaired) electrons. The van der Waals surface area contributed by atoms with E-state index in [4.69, 9.17) is 9.84 Å². The van der Waals surface area contributed by atoms with E-state index in [-0.39, 0.29) is 24.4 Å². The maximum Gasteiger partial charge on any atom is 0.303 e. The Morgan fingerprint density at radius 2 is 2.16 bits per heavy atom. The summed E-state index contributed by atoms with van der Waals surface area (Å²) in [6, 6.07) is 0. The number of aliphatic hydroxyl groups excluding tert-OH is 1. The third-order valence-electron chi connectivity index (χ3n) is 5.23. The summed E-state index contributed by atoms with van der Waals surface area (Å²) in [5.41, 5.74) is 0. The minimum absolute atomic E-state index is 0.0902. The summed E-state index contributed by atoms with van der Waals surface area (Å²) in [7, 11) is 0. The highest BCUT2D eigenvalue weighted by Crippen LogP contribution is 2.47. The third-order valence-corrected chi connectivity index (χ3v) is 5.23. The van der Waals surface area contributed by atoms with E-state index >= 15 is 0 Å². The Bertz CT molecular complexity index is 488. The summed E-state index contributed by atoms with van der Waals surface area (Å²) < 4.78 is 20.5. The molecule has 5 heteroatoms. The molecule has 0 amide bonds. The summed E-state index contributed by atoms with van der Waals surface area (Å²) in [6.07, 6.45) is 10.7. The lowest BCUT2D eigenvalue weighted by atomic mass is 9.90. The fourth-order valence-electron chi connectivity index (χ4n) is 3.84. The fourth-order valence-corrected chi connectivity index (χ4v) is 3.84. The summed E-state index contributed by atoms with van der Waals surface area (Å²) in [4.78, 5) is 10.5. The molecular formula is C20H31FO4. The number of alkyl halides is 1. The number of unbranched alkanes of at least 4 members (excludes halogenated alkanes) is 3. The first kappa shape index (κ1) is 20.0.